The van der Waals surface area contributed by atoms with E-state index in [1.165, 1.54) is 0 Å². The molecule has 2 aromatic rings. The van der Waals surface area contributed by atoms with Crippen LogP contribution in [0, 0.1) is 0 Å². The third-order valence-electron chi connectivity index (χ3n) is 1.95. The Bertz CT molecular complexity index is 440. The summed E-state index contributed by atoms with van der Waals surface area (Å²) in [5.74, 6) is 1.37. The number of benzene rings is 1. The van der Waals surface area contributed by atoms with Crippen molar-refractivity contribution in [1.82, 2.24) is 4.98 Å². The summed E-state index contributed by atoms with van der Waals surface area (Å²) >= 11 is 0. The SMILES string of the molecule is COc1ccc2cc(N)ncc2c1. The summed E-state index contributed by atoms with van der Waals surface area (Å²) in [6.45, 7) is 0. The lowest BCUT2D eigenvalue weighted by Gasteiger charge is -2.02. The van der Waals surface area contributed by atoms with Crippen LogP contribution in [-0.2, 0) is 0 Å². The van der Waals surface area contributed by atoms with E-state index in [0.29, 0.717) is 5.82 Å². The molecule has 3 heteroatoms. The molecule has 0 saturated carbocycles. The highest BCUT2D eigenvalue weighted by molar-refractivity contribution is 5.84. The molecule has 13 heavy (non-hydrogen) atoms. The zero-order valence-corrected chi connectivity index (χ0v) is 7.32. The molecular formula is C10H10N2O. The number of hydrogen-bond donors (Lipinski definition) is 1. The molecule has 2 rings (SSSR count). The number of nitrogen functional groups attached to an aromatic ring is 1. The maximum Gasteiger partial charge on any atom is 0.123 e. The van der Waals surface area contributed by atoms with Crippen LogP contribution < -0.4 is 10.5 Å². The largest absolute Gasteiger partial charge is 0.497 e. The standard InChI is InChI=1S/C10H10N2O/c1-13-9-3-2-7-5-10(11)12-6-8(7)4-9/h2-6H,1H3,(H2,11,12). The number of anilines is 1. The molecule has 0 bridgehead atoms. The van der Waals surface area contributed by atoms with Gasteiger partial charge in [-0.25, -0.2) is 4.98 Å². The Morgan fingerprint density at radius 2 is 2.08 bits per heavy atom. The minimum absolute atomic E-state index is 0.540. The maximum atomic E-state index is 5.55. The first-order valence-corrected chi connectivity index (χ1v) is 3.99. The Morgan fingerprint density at radius 1 is 1.23 bits per heavy atom. The van der Waals surface area contributed by atoms with Gasteiger partial charge in [-0.2, -0.15) is 0 Å². The van der Waals surface area contributed by atoms with Gasteiger partial charge in [0.05, 0.1) is 7.11 Å². The Balaban J connectivity index is 2.66. The highest BCUT2D eigenvalue weighted by Gasteiger charge is 1.96. The van der Waals surface area contributed by atoms with Crippen LogP contribution in [0.4, 0.5) is 5.82 Å². The summed E-state index contributed by atoms with van der Waals surface area (Å²) in [5.41, 5.74) is 5.55. The van der Waals surface area contributed by atoms with E-state index < -0.39 is 0 Å². The number of nitrogens with zero attached hydrogens (tertiary/aromatic N) is 1. The van der Waals surface area contributed by atoms with Crippen molar-refractivity contribution in [2.45, 2.75) is 0 Å². The van der Waals surface area contributed by atoms with Crippen LogP contribution in [-0.4, -0.2) is 12.1 Å². The summed E-state index contributed by atoms with van der Waals surface area (Å²) in [4.78, 5) is 4.00. The summed E-state index contributed by atoms with van der Waals surface area (Å²) in [6.07, 6.45) is 1.74. The molecule has 1 aromatic carbocycles. The Kier molecular flexibility index (Phi) is 1.77. The van der Waals surface area contributed by atoms with Gasteiger partial charge in [-0.3, -0.25) is 0 Å². The Morgan fingerprint density at radius 3 is 2.85 bits per heavy atom. The van der Waals surface area contributed by atoms with Crippen molar-refractivity contribution in [2.24, 2.45) is 0 Å². The van der Waals surface area contributed by atoms with Gasteiger partial charge in [0.15, 0.2) is 0 Å². The zero-order chi connectivity index (χ0) is 9.26. The third kappa shape index (κ3) is 1.40. The van der Waals surface area contributed by atoms with Gasteiger partial charge in [-0.1, -0.05) is 6.07 Å². The molecule has 0 fully saturated rings. The van der Waals surface area contributed by atoms with Gasteiger partial charge >= 0.3 is 0 Å². The van der Waals surface area contributed by atoms with Crippen molar-refractivity contribution in [3.8, 4) is 5.75 Å². The topological polar surface area (TPSA) is 48.1 Å². The highest BCUT2D eigenvalue weighted by atomic mass is 16.5. The smallest absolute Gasteiger partial charge is 0.123 e. The van der Waals surface area contributed by atoms with E-state index >= 15 is 0 Å². The minimum atomic E-state index is 0.540. The lowest BCUT2D eigenvalue weighted by molar-refractivity contribution is 0.415. The molecule has 0 atom stereocenters. The number of rotatable bonds is 1. The third-order valence-corrected chi connectivity index (χ3v) is 1.95. The van der Waals surface area contributed by atoms with Gasteiger partial charge in [0.1, 0.15) is 11.6 Å². The lowest BCUT2D eigenvalue weighted by Crippen LogP contribution is -1.89. The van der Waals surface area contributed by atoms with Gasteiger partial charge < -0.3 is 10.5 Å². The van der Waals surface area contributed by atoms with Crippen molar-refractivity contribution in [3.63, 3.8) is 0 Å². The molecule has 66 valence electrons. The molecule has 0 saturated heterocycles. The molecule has 1 heterocycles. The number of fused-ring (bicyclic) bond motifs is 1. The minimum Gasteiger partial charge on any atom is -0.497 e. The van der Waals surface area contributed by atoms with Crippen molar-refractivity contribution in [2.75, 3.05) is 12.8 Å². The van der Waals surface area contributed by atoms with Crippen molar-refractivity contribution in [3.05, 3.63) is 30.5 Å². The van der Waals surface area contributed by atoms with E-state index in [2.05, 4.69) is 4.98 Å². The average molecular weight is 174 g/mol. The van der Waals surface area contributed by atoms with Crippen LogP contribution in [0.1, 0.15) is 0 Å². The van der Waals surface area contributed by atoms with E-state index in [1.807, 2.05) is 24.3 Å². The normalized spacial score (nSPS) is 10.2. The molecule has 0 aliphatic carbocycles. The maximum absolute atomic E-state index is 5.55. The quantitative estimate of drug-likeness (QED) is 0.717. The second-order valence-electron chi connectivity index (χ2n) is 2.82. The second kappa shape index (κ2) is 2.94. The van der Waals surface area contributed by atoms with E-state index in [4.69, 9.17) is 10.5 Å². The summed E-state index contributed by atoms with van der Waals surface area (Å²) in [6, 6.07) is 7.64. The van der Waals surface area contributed by atoms with Crippen LogP contribution in [0.3, 0.4) is 0 Å². The highest BCUT2D eigenvalue weighted by Crippen LogP contribution is 2.20. The number of pyridine rings is 1. The van der Waals surface area contributed by atoms with E-state index in [0.717, 1.165) is 16.5 Å². The number of hydrogen-bond acceptors (Lipinski definition) is 3. The molecule has 3 nitrogen and oxygen atoms in total. The molecule has 1 aromatic heterocycles. The van der Waals surface area contributed by atoms with Gasteiger partial charge in [0.25, 0.3) is 0 Å². The molecule has 2 N–H and O–H groups in total. The average Bonchev–Trinajstić information content (AvgIpc) is 2.17. The number of methoxy groups -OCH3 is 1. The first-order valence-electron chi connectivity index (χ1n) is 3.99. The van der Waals surface area contributed by atoms with Gasteiger partial charge in [-0.05, 0) is 23.6 Å². The van der Waals surface area contributed by atoms with Crippen LogP contribution in [0.15, 0.2) is 30.5 Å². The van der Waals surface area contributed by atoms with Gasteiger partial charge in [-0.15, -0.1) is 0 Å². The van der Waals surface area contributed by atoms with E-state index in [-0.39, 0.29) is 0 Å². The summed E-state index contributed by atoms with van der Waals surface area (Å²) < 4.78 is 5.09. The van der Waals surface area contributed by atoms with Gasteiger partial charge in [0, 0.05) is 11.6 Å². The Hall–Kier alpha value is -1.77. The fraction of sp³-hybridized carbons (Fsp3) is 0.100. The monoisotopic (exact) mass is 174 g/mol. The van der Waals surface area contributed by atoms with Crippen LogP contribution in [0.25, 0.3) is 10.8 Å². The molecule has 0 amide bonds. The number of nitrogens with two attached hydrogens (primary N) is 1. The van der Waals surface area contributed by atoms with Crippen molar-refractivity contribution in [1.29, 1.82) is 0 Å². The fourth-order valence-corrected chi connectivity index (χ4v) is 1.26. The van der Waals surface area contributed by atoms with E-state index in [1.54, 1.807) is 13.3 Å². The lowest BCUT2D eigenvalue weighted by atomic mass is 10.2. The fourth-order valence-electron chi connectivity index (χ4n) is 1.26. The second-order valence-corrected chi connectivity index (χ2v) is 2.82. The number of aromatic nitrogens is 1. The van der Waals surface area contributed by atoms with Crippen molar-refractivity contribution >= 4 is 16.6 Å². The first-order chi connectivity index (χ1) is 6.29. The molecule has 0 radical (unpaired) electrons. The Labute approximate surface area is 76.2 Å². The predicted molar refractivity (Wildman–Crippen MR) is 52.7 cm³/mol. The van der Waals surface area contributed by atoms with E-state index in [9.17, 15) is 0 Å². The predicted octanol–water partition coefficient (Wildman–Crippen LogP) is 1.83. The van der Waals surface area contributed by atoms with Crippen LogP contribution in [0.2, 0.25) is 0 Å². The first kappa shape index (κ1) is 7.86. The van der Waals surface area contributed by atoms with Crippen LogP contribution in [0.5, 0.6) is 5.75 Å². The molecular weight excluding hydrogens is 164 g/mol. The van der Waals surface area contributed by atoms with Crippen molar-refractivity contribution < 1.29 is 4.74 Å². The van der Waals surface area contributed by atoms with Gasteiger partial charge in [0.2, 0.25) is 0 Å². The molecule has 0 aliphatic rings. The zero-order valence-electron chi connectivity index (χ0n) is 7.32. The molecule has 0 spiro atoms. The van der Waals surface area contributed by atoms with Crippen LogP contribution >= 0.6 is 0 Å². The number of ether oxygens (including phenoxy) is 1. The molecule has 0 aliphatic heterocycles. The molecule has 0 unspecified atom stereocenters. The summed E-state index contributed by atoms with van der Waals surface area (Å²) in [7, 11) is 1.64. The summed E-state index contributed by atoms with van der Waals surface area (Å²) in [5, 5.41) is 2.11.